The fraction of sp³-hybridized carbons (Fsp3) is 0.250. The first kappa shape index (κ1) is 10.2. The molecular formula is C8H7Cl2N3. The Hall–Kier alpha value is -0.890. The van der Waals surface area contributed by atoms with Gasteiger partial charge in [0.25, 0.3) is 0 Å². The van der Waals surface area contributed by atoms with E-state index in [1.54, 1.807) is 25.1 Å². The molecule has 0 aliphatic carbocycles. The second kappa shape index (κ2) is 4.38. The van der Waals surface area contributed by atoms with Crippen LogP contribution in [0.25, 0.3) is 10.4 Å². The summed E-state index contributed by atoms with van der Waals surface area (Å²) in [7, 11) is 0. The van der Waals surface area contributed by atoms with E-state index in [2.05, 4.69) is 10.0 Å². The third-order valence-corrected chi connectivity index (χ3v) is 2.20. The van der Waals surface area contributed by atoms with Crippen molar-refractivity contribution in [3.05, 3.63) is 44.3 Å². The van der Waals surface area contributed by atoms with Crippen LogP contribution in [0.4, 0.5) is 0 Å². The predicted octanol–water partition coefficient (Wildman–Crippen LogP) is 4.36. The van der Waals surface area contributed by atoms with E-state index >= 15 is 0 Å². The molecule has 68 valence electrons. The summed E-state index contributed by atoms with van der Waals surface area (Å²) in [6, 6.07) is 4.83. The Labute approximate surface area is 85.9 Å². The number of azide groups is 1. The van der Waals surface area contributed by atoms with Gasteiger partial charge in [-0.05, 0) is 23.2 Å². The Morgan fingerprint density at radius 1 is 1.46 bits per heavy atom. The van der Waals surface area contributed by atoms with Crippen molar-refractivity contribution in [1.82, 2.24) is 0 Å². The van der Waals surface area contributed by atoms with E-state index < -0.39 is 0 Å². The molecule has 0 aliphatic heterocycles. The van der Waals surface area contributed by atoms with Crippen LogP contribution in [0.2, 0.25) is 10.0 Å². The van der Waals surface area contributed by atoms with Crippen molar-refractivity contribution in [2.45, 2.75) is 13.0 Å². The van der Waals surface area contributed by atoms with E-state index in [1.165, 1.54) is 0 Å². The molecule has 3 nitrogen and oxygen atoms in total. The maximum atomic E-state index is 8.23. The summed E-state index contributed by atoms with van der Waals surface area (Å²) < 4.78 is 0. The summed E-state index contributed by atoms with van der Waals surface area (Å²) in [5, 5.41) is 4.63. The van der Waals surface area contributed by atoms with E-state index in [4.69, 9.17) is 28.7 Å². The molecule has 0 aliphatic rings. The van der Waals surface area contributed by atoms with Crippen molar-refractivity contribution in [2.24, 2.45) is 5.11 Å². The van der Waals surface area contributed by atoms with Crippen molar-refractivity contribution < 1.29 is 0 Å². The Balaban J connectivity index is 3.08. The van der Waals surface area contributed by atoms with Gasteiger partial charge in [-0.25, -0.2) is 0 Å². The minimum atomic E-state index is -0.269. The van der Waals surface area contributed by atoms with Gasteiger partial charge in [-0.15, -0.1) is 0 Å². The molecular weight excluding hydrogens is 209 g/mol. The molecule has 0 N–H and O–H groups in total. The molecule has 13 heavy (non-hydrogen) atoms. The third kappa shape index (κ3) is 2.52. The average Bonchev–Trinajstić information content (AvgIpc) is 2.04. The second-order valence-corrected chi connectivity index (χ2v) is 3.39. The van der Waals surface area contributed by atoms with Gasteiger partial charge in [-0.2, -0.15) is 0 Å². The van der Waals surface area contributed by atoms with Gasteiger partial charge in [-0.1, -0.05) is 41.3 Å². The zero-order valence-electron chi connectivity index (χ0n) is 6.91. The summed E-state index contributed by atoms with van der Waals surface area (Å²) in [6.45, 7) is 1.77. The second-order valence-electron chi connectivity index (χ2n) is 2.55. The monoisotopic (exact) mass is 215 g/mol. The highest BCUT2D eigenvalue weighted by molar-refractivity contribution is 6.35. The molecule has 0 saturated heterocycles. The molecule has 0 saturated carbocycles. The number of rotatable bonds is 2. The molecule has 1 aromatic rings. The highest BCUT2D eigenvalue weighted by Gasteiger charge is 2.07. The van der Waals surface area contributed by atoms with Gasteiger partial charge in [0, 0.05) is 15.0 Å². The normalized spacial score (nSPS) is 11.9. The molecule has 0 bridgehead atoms. The Kier molecular flexibility index (Phi) is 3.43. The molecule has 0 aromatic heterocycles. The van der Waals surface area contributed by atoms with E-state index in [9.17, 15) is 0 Å². The van der Waals surface area contributed by atoms with Crippen molar-refractivity contribution in [1.29, 1.82) is 0 Å². The van der Waals surface area contributed by atoms with Crippen LogP contribution in [-0.2, 0) is 0 Å². The van der Waals surface area contributed by atoms with Crippen molar-refractivity contribution in [3.8, 4) is 0 Å². The van der Waals surface area contributed by atoms with Crippen LogP contribution in [0, 0.1) is 0 Å². The van der Waals surface area contributed by atoms with Gasteiger partial charge in [0.2, 0.25) is 0 Å². The van der Waals surface area contributed by atoms with Gasteiger partial charge in [0.1, 0.15) is 0 Å². The number of benzene rings is 1. The first-order chi connectivity index (χ1) is 6.15. The number of nitrogens with zero attached hydrogens (tertiary/aromatic N) is 3. The zero-order valence-corrected chi connectivity index (χ0v) is 8.42. The standard InChI is InChI=1S/C8H7Cl2N3/c1-5(12-13-11)7-3-2-6(9)4-8(7)10/h2-5H,1H3/t5-/m1/s1. The lowest BCUT2D eigenvalue weighted by molar-refractivity contribution is 0.808. The van der Waals surface area contributed by atoms with Crippen LogP contribution in [0.1, 0.15) is 18.5 Å². The highest BCUT2D eigenvalue weighted by Crippen LogP contribution is 2.27. The van der Waals surface area contributed by atoms with Crippen LogP contribution >= 0.6 is 23.2 Å². The van der Waals surface area contributed by atoms with Crippen LogP contribution < -0.4 is 0 Å². The molecule has 1 aromatic carbocycles. The van der Waals surface area contributed by atoms with E-state index in [-0.39, 0.29) is 6.04 Å². The molecule has 0 spiro atoms. The minimum Gasteiger partial charge on any atom is -0.0861 e. The molecule has 5 heteroatoms. The maximum absolute atomic E-state index is 8.23. The Morgan fingerprint density at radius 2 is 2.15 bits per heavy atom. The zero-order chi connectivity index (χ0) is 9.84. The van der Waals surface area contributed by atoms with E-state index in [1.807, 2.05) is 0 Å². The van der Waals surface area contributed by atoms with Crippen LogP contribution in [0.3, 0.4) is 0 Å². The molecule has 0 radical (unpaired) electrons. The smallest absolute Gasteiger partial charge is 0.0611 e. The minimum absolute atomic E-state index is 0.269. The first-order valence-electron chi connectivity index (χ1n) is 3.64. The van der Waals surface area contributed by atoms with Crippen LogP contribution in [-0.4, -0.2) is 0 Å². The summed E-state index contributed by atoms with van der Waals surface area (Å²) >= 11 is 11.6. The molecule has 1 rings (SSSR count). The fourth-order valence-electron chi connectivity index (χ4n) is 0.980. The summed E-state index contributed by atoms with van der Waals surface area (Å²) in [6.07, 6.45) is 0. The van der Waals surface area contributed by atoms with Crippen molar-refractivity contribution in [3.63, 3.8) is 0 Å². The molecule has 0 fully saturated rings. The van der Waals surface area contributed by atoms with Crippen LogP contribution in [0.5, 0.6) is 0 Å². The topological polar surface area (TPSA) is 48.8 Å². The number of hydrogen-bond acceptors (Lipinski definition) is 1. The largest absolute Gasteiger partial charge is 0.0861 e. The van der Waals surface area contributed by atoms with Gasteiger partial charge in [-0.3, -0.25) is 0 Å². The van der Waals surface area contributed by atoms with Gasteiger partial charge >= 0.3 is 0 Å². The van der Waals surface area contributed by atoms with E-state index in [0.29, 0.717) is 10.0 Å². The van der Waals surface area contributed by atoms with Gasteiger partial charge in [0.15, 0.2) is 0 Å². The first-order valence-corrected chi connectivity index (χ1v) is 4.40. The quantitative estimate of drug-likeness (QED) is 0.400. The highest BCUT2D eigenvalue weighted by atomic mass is 35.5. The average molecular weight is 216 g/mol. The molecule has 0 amide bonds. The Morgan fingerprint density at radius 3 is 2.69 bits per heavy atom. The SMILES string of the molecule is C[C@@H](N=[N+]=[N-])c1ccc(Cl)cc1Cl. The van der Waals surface area contributed by atoms with Crippen molar-refractivity contribution in [2.75, 3.05) is 0 Å². The number of hydrogen-bond donors (Lipinski definition) is 0. The third-order valence-electron chi connectivity index (χ3n) is 1.64. The lowest BCUT2D eigenvalue weighted by Gasteiger charge is -2.06. The summed E-state index contributed by atoms with van der Waals surface area (Å²) in [4.78, 5) is 2.71. The summed E-state index contributed by atoms with van der Waals surface area (Å²) in [5.74, 6) is 0. The van der Waals surface area contributed by atoms with E-state index in [0.717, 1.165) is 5.56 Å². The Bertz CT molecular complexity index is 358. The van der Waals surface area contributed by atoms with Gasteiger partial charge in [0.05, 0.1) is 6.04 Å². The molecule has 0 heterocycles. The predicted molar refractivity (Wildman–Crippen MR) is 54.0 cm³/mol. The summed E-state index contributed by atoms with van der Waals surface area (Å²) in [5.41, 5.74) is 9.01. The fourth-order valence-corrected chi connectivity index (χ4v) is 1.55. The lowest BCUT2D eigenvalue weighted by Crippen LogP contribution is -1.88. The maximum Gasteiger partial charge on any atom is 0.0611 e. The molecule has 1 atom stereocenters. The molecule has 0 unspecified atom stereocenters. The number of halogens is 2. The van der Waals surface area contributed by atoms with Gasteiger partial charge < -0.3 is 0 Å². The van der Waals surface area contributed by atoms with Crippen LogP contribution in [0.15, 0.2) is 23.3 Å². The van der Waals surface area contributed by atoms with Crippen molar-refractivity contribution >= 4 is 23.2 Å². The lowest BCUT2D eigenvalue weighted by atomic mass is 10.1.